The number of amides is 1. The van der Waals surface area contributed by atoms with Gasteiger partial charge in [0, 0.05) is 65.9 Å². The first-order chi connectivity index (χ1) is 17.4. The predicted molar refractivity (Wildman–Crippen MR) is 133 cm³/mol. The molecule has 2 bridgehead atoms. The lowest BCUT2D eigenvalue weighted by molar-refractivity contribution is 0.0791. The van der Waals surface area contributed by atoms with Crippen LogP contribution in [0.3, 0.4) is 0 Å². The highest BCUT2D eigenvalue weighted by molar-refractivity contribution is 5.97. The third kappa shape index (κ3) is 3.97. The summed E-state index contributed by atoms with van der Waals surface area (Å²) in [7, 11) is 0. The number of benzene rings is 2. The summed E-state index contributed by atoms with van der Waals surface area (Å²) in [5, 5.41) is 2.73. The van der Waals surface area contributed by atoms with Gasteiger partial charge >= 0.3 is 0 Å². The van der Waals surface area contributed by atoms with E-state index in [2.05, 4.69) is 15.2 Å². The zero-order valence-electron chi connectivity index (χ0n) is 19.6. The van der Waals surface area contributed by atoms with Crippen molar-refractivity contribution >= 4 is 17.4 Å². The molecule has 3 aliphatic heterocycles. The maximum Gasteiger partial charge on any atom is 0.251 e. The fraction of sp³-hybridized carbons (Fsp3) is 0.333. The number of nitrogen functional groups attached to an aromatic ring is 1. The van der Waals surface area contributed by atoms with Crippen LogP contribution >= 0.6 is 0 Å². The second kappa shape index (κ2) is 8.81. The topological polar surface area (TPSA) is 74.5 Å². The molecule has 0 spiro atoms. The van der Waals surface area contributed by atoms with Gasteiger partial charge in [0.25, 0.3) is 12.3 Å². The van der Waals surface area contributed by atoms with Gasteiger partial charge in [-0.2, -0.15) is 0 Å². The fourth-order valence-corrected chi connectivity index (χ4v) is 5.81. The second-order valence-electron chi connectivity index (χ2n) is 9.74. The number of rotatable bonds is 5. The van der Waals surface area contributed by atoms with Crippen molar-refractivity contribution in [1.29, 1.82) is 0 Å². The Hall–Kier alpha value is -3.59. The number of nitrogens with two attached hydrogens (primary N) is 1. The van der Waals surface area contributed by atoms with Crippen LogP contribution in [0.5, 0.6) is 0 Å². The monoisotopic (exact) mass is 493 g/mol. The van der Waals surface area contributed by atoms with Crippen molar-refractivity contribution in [1.82, 2.24) is 15.2 Å². The number of pyridine rings is 1. The van der Waals surface area contributed by atoms with Crippen molar-refractivity contribution in [2.45, 2.75) is 31.4 Å². The van der Waals surface area contributed by atoms with Crippen molar-refractivity contribution in [2.24, 2.45) is 0 Å². The first-order valence-corrected chi connectivity index (χ1v) is 12.1. The van der Waals surface area contributed by atoms with Gasteiger partial charge in [0.1, 0.15) is 11.6 Å². The minimum Gasteiger partial charge on any atom is -0.383 e. The number of halogens is 3. The van der Waals surface area contributed by atoms with Gasteiger partial charge in [-0.25, -0.2) is 18.2 Å². The van der Waals surface area contributed by atoms with E-state index in [1.54, 1.807) is 12.3 Å². The van der Waals surface area contributed by atoms with Gasteiger partial charge < -0.3 is 16.0 Å². The normalized spacial score (nSPS) is 21.2. The van der Waals surface area contributed by atoms with E-state index in [1.165, 1.54) is 6.07 Å². The molecule has 0 unspecified atom stereocenters. The van der Waals surface area contributed by atoms with Crippen LogP contribution in [0.4, 0.5) is 24.7 Å². The van der Waals surface area contributed by atoms with E-state index in [4.69, 9.17) is 5.73 Å². The summed E-state index contributed by atoms with van der Waals surface area (Å²) < 4.78 is 40.6. The summed E-state index contributed by atoms with van der Waals surface area (Å²) in [4.78, 5) is 20.6. The molecule has 3 N–H and O–H groups in total. The fourth-order valence-electron chi connectivity index (χ4n) is 5.81. The Morgan fingerprint density at radius 2 is 1.83 bits per heavy atom. The lowest BCUT2D eigenvalue weighted by Crippen LogP contribution is -2.47. The molecule has 0 radical (unpaired) electrons. The molecule has 186 valence electrons. The van der Waals surface area contributed by atoms with Gasteiger partial charge in [-0.15, -0.1) is 0 Å². The van der Waals surface area contributed by atoms with Crippen LogP contribution in [0, 0.1) is 5.82 Å². The highest BCUT2D eigenvalue weighted by Gasteiger charge is 2.43. The molecule has 2 atom stereocenters. The lowest BCUT2D eigenvalue weighted by Gasteiger charge is -2.35. The lowest BCUT2D eigenvalue weighted by atomic mass is 9.93. The molecule has 2 saturated heterocycles. The molecule has 2 fully saturated rings. The summed E-state index contributed by atoms with van der Waals surface area (Å²) >= 11 is 0. The summed E-state index contributed by atoms with van der Waals surface area (Å²) in [6.07, 6.45) is 0.900. The first kappa shape index (κ1) is 22.8. The molecule has 0 saturated carbocycles. The first-order valence-electron chi connectivity index (χ1n) is 12.1. The van der Waals surface area contributed by atoms with E-state index >= 15 is 4.39 Å². The van der Waals surface area contributed by atoms with Crippen molar-refractivity contribution in [3.8, 4) is 22.3 Å². The zero-order valence-corrected chi connectivity index (χ0v) is 19.6. The molecular weight excluding hydrogens is 467 g/mol. The number of carbonyl (C=O) groups excluding carboxylic acids is 1. The van der Waals surface area contributed by atoms with Crippen molar-refractivity contribution in [2.75, 3.05) is 36.8 Å². The number of likely N-dealkylation sites (tertiary alicyclic amines) is 1. The van der Waals surface area contributed by atoms with Crippen LogP contribution in [0.1, 0.15) is 22.3 Å². The smallest absolute Gasteiger partial charge is 0.251 e. The van der Waals surface area contributed by atoms with Crippen LogP contribution in [-0.4, -0.2) is 60.5 Å². The molecule has 2 aromatic carbocycles. The number of nitrogens with zero attached hydrogens (tertiary/aromatic N) is 3. The van der Waals surface area contributed by atoms with Crippen LogP contribution in [0.15, 0.2) is 48.7 Å². The Bertz CT molecular complexity index is 1330. The van der Waals surface area contributed by atoms with E-state index in [0.29, 0.717) is 36.2 Å². The molecule has 9 heteroatoms. The van der Waals surface area contributed by atoms with Gasteiger partial charge in [-0.05, 0) is 54.3 Å². The van der Waals surface area contributed by atoms with Gasteiger partial charge in [-0.3, -0.25) is 9.69 Å². The number of nitrogens with one attached hydrogen (secondary N) is 1. The SMILES string of the molecule is Nc1ncc(-c2ccc(N3C[C@@H]4C[C@H]3CN4CC(F)F)cc2)cc1-c1cc2c(cc1F)C(=O)NCC2. The maximum atomic E-state index is 15.0. The van der Waals surface area contributed by atoms with E-state index in [0.717, 1.165) is 35.3 Å². The van der Waals surface area contributed by atoms with Crippen molar-refractivity contribution in [3.05, 3.63) is 65.6 Å². The molecule has 3 aromatic rings. The minimum absolute atomic E-state index is 0.154. The third-order valence-corrected chi connectivity index (χ3v) is 7.58. The predicted octanol–water partition coefficient (Wildman–Crippen LogP) is 3.95. The molecule has 1 aromatic heterocycles. The Balaban J connectivity index is 1.25. The number of anilines is 2. The highest BCUT2D eigenvalue weighted by Crippen LogP contribution is 2.37. The maximum absolute atomic E-state index is 15.0. The summed E-state index contributed by atoms with van der Waals surface area (Å²) in [5.74, 6) is -0.567. The molecule has 0 aliphatic carbocycles. The summed E-state index contributed by atoms with van der Waals surface area (Å²) in [6.45, 7) is 1.77. The van der Waals surface area contributed by atoms with Gasteiger partial charge in [0.15, 0.2) is 0 Å². The van der Waals surface area contributed by atoms with Crippen LogP contribution in [0.25, 0.3) is 22.3 Å². The summed E-state index contributed by atoms with van der Waals surface area (Å²) in [6, 6.07) is 13.2. The Labute approximate surface area is 206 Å². The average Bonchev–Trinajstić information content (AvgIpc) is 3.45. The Morgan fingerprint density at radius 1 is 1.03 bits per heavy atom. The van der Waals surface area contributed by atoms with Crippen LogP contribution < -0.4 is 16.0 Å². The summed E-state index contributed by atoms with van der Waals surface area (Å²) in [5.41, 5.74) is 10.9. The quantitative estimate of drug-likeness (QED) is 0.563. The largest absolute Gasteiger partial charge is 0.383 e. The average molecular weight is 494 g/mol. The Kier molecular flexibility index (Phi) is 5.59. The highest BCUT2D eigenvalue weighted by atomic mass is 19.3. The van der Waals surface area contributed by atoms with Gasteiger partial charge in [-0.1, -0.05) is 12.1 Å². The van der Waals surface area contributed by atoms with Crippen molar-refractivity contribution in [3.63, 3.8) is 0 Å². The third-order valence-electron chi connectivity index (χ3n) is 7.58. The van der Waals surface area contributed by atoms with Crippen LogP contribution in [0.2, 0.25) is 0 Å². The van der Waals surface area contributed by atoms with E-state index < -0.39 is 12.2 Å². The molecule has 6 nitrogen and oxygen atoms in total. The van der Waals surface area contributed by atoms with Crippen molar-refractivity contribution < 1.29 is 18.0 Å². The number of aromatic nitrogens is 1. The number of fused-ring (bicyclic) bond motifs is 3. The van der Waals surface area contributed by atoms with E-state index in [9.17, 15) is 13.6 Å². The Morgan fingerprint density at radius 3 is 2.56 bits per heavy atom. The molecule has 1 amide bonds. The van der Waals surface area contributed by atoms with E-state index in [-0.39, 0.29) is 30.4 Å². The zero-order chi connectivity index (χ0) is 25.0. The van der Waals surface area contributed by atoms with Crippen LogP contribution in [-0.2, 0) is 6.42 Å². The minimum atomic E-state index is -2.30. The number of piperazine rings is 1. The van der Waals surface area contributed by atoms with E-state index in [1.807, 2.05) is 35.2 Å². The molecule has 36 heavy (non-hydrogen) atoms. The molecule has 6 rings (SSSR count). The van der Waals surface area contributed by atoms with Gasteiger partial charge in [0.05, 0.1) is 6.54 Å². The number of hydrogen-bond acceptors (Lipinski definition) is 5. The number of hydrogen-bond donors (Lipinski definition) is 2. The van der Waals surface area contributed by atoms with Gasteiger partial charge in [0.2, 0.25) is 0 Å². The molecule has 4 heterocycles. The number of alkyl halides is 2. The second-order valence-corrected chi connectivity index (χ2v) is 9.74. The molecule has 3 aliphatic rings. The standard InChI is InChI=1S/C27H26F3N5O/c28-24-10-21-16(5-6-32-27(21)36)7-22(24)23-8-17(11-33-26(23)31)15-1-3-18(4-2-15)35-13-19-9-20(35)12-34(19)14-25(29)30/h1-4,7-8,10-11,19-20,25H,5-6,9,12-14H2,(H2,31,33)(H,32,36)/t19-,20-/m0/s1. The molecular formula is C27H26F3N5O. The number of carbonyl (C=O) groups is 1.